The lowest BCUT2D eigenvalue weighted by atomic mass is 10.1. The van der Waals surface area contributed by atoms with E-state index in [0.29, 0.717) is 0 Å². The zero-order chi connectivity index (χ0) is 19.1. The minimum atomic E-state index is -1.45. The third-order valence-corrected chi connectivity index (χ3v) is 3.65. The third kappa shape index (κ3) is 5.23. The van der Waals surface area contributed by atoms with Crippen molar-refractivity contribution < 1.29 is 24.7 Å². The number of nitrogens with zero attached hydrogens (tertiary/aromatic N) is 2. The number of ether oxygens (including phenoxy) is 1. The number of nitro groups is 1. The van der Waals surface area contributed by atoms with Crippen LogP contribution in [0.3, 0.4) is 0 Å². The highest BCUT2D eigenvalue weighted by atomic mass is 16.6. The number of pyridine rings is 1. The number of rotatable bonds is 7. The predicted octanol–water partition coefficient (Wildman–Crippen LogP) is 1.62. The summed E-state index contributed by atoms with van der Waals surface area (Å²) in [6.07, 6.45) is -2.35. The molecule has 0 spiro atoms. The van der Waals surface area contributed by atoms with E-state index < -0.39 is 23.2 Å². The Balaban J connectivity index is 1.86. The Morgan fingerprint density at radius 3 is 2.69 bits per heavy atom. The average Bonchev–Trinajstić information content (AvgIpc) is 2.64. The van der Waals surface area contributed by atoms with Gasteiger partial charge in [0.15, 0.2) is 0 Å². The summed E-state index contributed by atoms with van der Waals surface area (Å²) >= 11 is 0. The Hall–Kier alpha value is -3.04. The smallest absolute Gasteiger partial charge is 0.407 e. The van der Waals surface area contributed by atoms with Crippen LogP contribution in [0.15, 0.2) is 42.6 Å². The van der Waals surface area contributed by atoms with Crippen LogP contribution in [0.4, 0.5) is 10.5 Å². The molecule has 138 valence electrons. The maximum absolute atomic E-state index is 11.6. The van der Waals surface area contributed by atoms with Crippen molar-refractivity contribution in [2.24, 2.45) is 0 Å². The van der Waals surface area contributed by atoms with Crippen molar-refractivity contribution in [2.75, 3.05) is 6.54 Å². The molecule has 2 unspecified atom stereocenters. The minimum Gasteiger partial charge on any atom is -0.445 e. The number of carbonyl (C=O) groups is 1. The summed E-state index contributed by atoms with van der Waals surface area (Å²) in [5, 5.41) is 33.3. The number of aliphatic hydroxyl groups is 2. The first-order valence-corrected chi connectivity index (χ1v) is 7.80. The van der Waals surface area contributed by atoms with Gasteiger partial charge in [-0.2, -0.15) is 0 Å². The molecule has 3 N–H and O–H groups in total. The second-order valence-electron chi connectivity index (χ2n) is 5.59. The number of amides is 1. The molecule has 0 bridgehead atoms. The molecule has 0 aliphatic carbocycles. The summed E-state index contributed by atoms with van der Waals surface area (Å²) in [6, 6.07) is 10.2. The second kappa shape index (κ2) is 8.88. The van der Waals surface area contributed by atoms with Gasteiger partial charge in [0, 0.05) is 24.4 Å². The molecular formula is C17H19N3O6. The van der Waals surface area contributed by atoms with Gasteiger partial charge in [-0.1, -0.05) is 30.3 Å². The monoisotopic (exact) mass is 361 g/mol. The SMILES string of the molecule is Cc1ncc(C(O)C(O)CNC(=O)OCc2ccccc2)cc1[N+](=O)[O-]. The first-order chi connectivity index (χ1) is 12.4. The molecule has 0 aliphatic heterocycles. The summed E-state index contributed by atoms with van der Waals surface area (Å²) in [6.45, 7) is 1.24. The van der Waals surface area contributed by atoms with E-state index in [-0.39, 0.29) is 30.1 Å². The van der Waals surface area contributed by atoms with Gasteiger partial charge >= 0.3 is 6.09 Å². The molecule has 1 aromatic heterocycles. The minimum absolute atomic E-state index is 0.0688. The van der Waals surface area contributed by atoms with Crippen LogP contribution in [0, 0.1) is 17.0 Å². The predicted molar refractivity (Wildman–Crippen MR) is 91.2 cm³/mol. The highest BCUT2D eigenvalue weighted by Gasteiger charge is 2.23. The van der Waals surface area contributed by atoms with Gasteiger partial charge in [0.25, 0.3) is 5.69 Å². The lowest BCUT2D eigenvalue weighted by Crippen LogP contribution is -2.35. The number of hydrogen-bond acceptors (Lipinski definition) is 7. The molecule has 2 rings (SSSR count). The Morgan fingerprint density at radius 2 is 2.04 bits per heavy atom. The highest BCUT2D eigenvalue weighted by molar-refractivity contribution is 5.67. The molecule has 0 aliphatic rings. The molecule has 2 atom stereocenters. The largest absolute Gasteiger partial charge is 0.445 e. The van der Waals surface area contributed by atoms with Gasteiger partial charge in [-0.3, -0.25) is 15.1 Å². The van der Waals surface area contributed by atoms with Crippen molar-refractivity contribution in [3.05, 3.63) is 69.5 Å². The van der Waals surface area contributed by atoms with E-state index in [4.69, 9.17) is 4.74 Å². The van der Waals surface area contributed by atoms with Crippen LogP contribution in [0.5, 0.6) is 0 Å². The van der Waals surface area contributed by atoms with E-state index >= 15 is 0 Å². The maximum Gasteiger partial charge on any atom is 0.407 e. The summed E-state index contributed by atoms with van der Waals surface area (Å²) < 4.78 is 4.99. The Bertz CT molecular complexity index is 768. The van der Waals surface area contributed by atoms with Crippen molar-refractivity contribution in [3.8, 4) is 0 Å². The van der Waals surface area contributed by atoms with E-state index in [1.165, 1.54) is 13.1 Å². The van der Waals surface area contributed by atoms with Crippen molar-refractivity contribution in [1.29, 1.82) is 0 Å². The highest BCUT2D eigenvalue weighted by Crippen LogP contribution is 2.23. The molecule has 1 aromatic carbocycles. The fourth-order valence-electron chi connectivity index (χ4n) is 2.18. The van der Waals surface area contributed by atoms with Gasteiger partial charge in [-0.15, -0.1) is 0 Å². The third-order valence-electron chi connectivity index (χ3n) is 3.65. The summed E-state index contributed by atoms with van der Waals surface area (Å²) in [7, 11) is 0. The van der Waals surface area contributed by atoms with Gasteiger partial charge in [0.1, 0.15) is 24.5 Å². The van der Waals surface area contributed by atoms with Crippen LogP contribution >= 0.6 is 0 Å². The molecule has 0 fully saturated rings. The maximum atomic E-state index is 11.6. The summed E-state index contributed by atoms with van der Waals surface area (Å²) in [5.41, 5.74) is 0.822. The molecule has 9 heteroatoms. The standard InChI is InChI=1S/C17H19N3O6/c1-11-14(20(24)25)7-13(8-18-11)16(22)15(21)9-19-17(23)26-10-12-5-3-2-4-6-12/h2-8,15-16,21-22H,9-10H2,1H3,(H,19,23). The topological polar surface area (TPSA) is 135 Å². The first kappa shape index (κ1) is 19.3. The van der Waals surface area contributed by atoms with E-state index in [9.17, 15) is 25.1 Å². The average molecular weight is 361 g/mol. The quantitative estimate of drug-likeness (QED) is 0.504. The molecule has 0 saturated carbocycles. The first-order valence-electron chi connectivity index (χ1n) is 7.80. The van der Waals surface area contributed by atoms with Crippen LogP contribution < -0.4 is 5.32 Å². The molecule has 2 aromatic rings. The number of aromatic nitrogens is 1. The van der Waals surface area contributed by atoms with E-state index in [0.717, 1.165) is 11.6 Å². The number of carbonyl (C=O) groups excluding carboxylic acids is 1. The lowest BCUT2D eigenvalue weighted by molar-refractivity contribution is -0.385. The number of aryl methyl sites for hydroxylation is 1. The van der Waals surface area contributed by atoms with E-state index in [1.807, 2.05) is 18.2 Å². The Morgan fingerprint density at radius 1 is 1.35 bits per heavy atom. The van der Waals surface area contributed by atoms with Crippen LogP contribution in [0.2, 0.25) is 0 Å². The number of hydrogen-bond donors (Lipinski definition) is 3. The fraction of sp³-hybridized carbons (Fsp3) is 0.294. The fourth-order valence-corrected chi connectivity index (χ4v) is 2.18. The van der Waals surface area contributed by atoms with Crippen molar-refractivity contribution in [3.63, 3.8) is 0 Å². The number of alkyl carbamates (subject to hydrolysis) is 1. The summed E-state index contributed by atoms with van der Waals surface area (Å²) in [4.78, 5) is 25.8. The van der Waals surface area contributed by atoms with Crippen LogP contribution in [0.1, 0.15) is 22.9 Å². The van der Waals surface area contributed by atoms with Crippen LogP contribution in [0.25, 0.3) is 0 Å². The Labute approximate surface area is 149 Å². The molecule has 0 saturated heterocycles. The van der Waals surface area contributed by atoms with Gasteiger partial charge in [-0.25, -0.2) is 4.79 Å². The zero-order valence-electron chi connectivity index (χ0n) is 14.0. The van der Waals surface area contributed by atoms with Crippen molar-refractivity contribution in [1.82, 2.24) is 10.3 Å². The Kier molecular flexibility index (Phi) is 6.59. The van der Waals surface area contributed by atoms with Crippen molar-refractivity contribution in [2.45, 2.75) is 25.7 Å². The van der Waals surface area contributed by atoms with E-state index in [1.54, 1.807) is 12.1 Å². The van der Waals surface area contributed by atoms with Gasteiger partial charge in [-0.05, 0) is 12.5 Å². The second-order valence-corrected chi connectivity index (χ2v) is 5.59. The van der Waals surface area contributed by atoms with Gasteiger partial charge < -0.3 is 20.3 Å². The zero-order valence-corrected chi connectivity index (χ0v) is 14.0. The van der Waals surface area contributed by atoms with Crippen LogP contribution in [-0.2, 0) is 11.3 Å². The van der Waals surface area contributed by atoms with Gasteiger partial charge in [0.05, 0.1) is 4.92 Å². The molecule has 1 heterocycles. The van der Waals surface area contributed by atoms with Crippen molar-refractivity contribution >= 4 is 11.8 Å². The van der Waals surface area contributed by atoms with Crippen LogP contribution in [-0.4, -0.2) is 38.9 Å². The van der Waals surface area contributed by atoms with Gasteiger partial charge in [0.2, 0.25) is 0 Å². The molecule has 26 heavy (non-hydrogen) atoms. The summed E-state index contributed by atoms with van der Waals surface area (Å²) in [5.74, 6) is 0. The number of benzene rings is 1. The molecule has 9 nitrogen and oxygen atoms in total. The number of aliphatic hydroxyl groups excluding tert-OH is 2. The molecule has 0 radical (unpaired) electrons. The van der Waals surface area contributed by atoms with E-state index in [2.05, 4.69) is 10.3 Å². The normalized spacial score (nSPS) is 12.9. The molecular weight excluding hydrogens is 342 g/mol. The number of nitrogens with one attached hydrogen (secondary N) is 1. The molecule has 1 amide bonds. The lowest BCUT2D eigenvalue weighted by Gasteiger charge is -2.18.